The largest absolute Gasteiger partial charge is 0.484 e. The van der Waals surface area contributed by atoms with Crippen molar-refractivity contribution in [3.8, 4) is 11.5 Å². The van der Waals surface area contributed by atoms with Crippen LogP contribution in [0.25, 0.3) is 0 Å². The lowest BCUT2D eigenvalue weighted by molar-refractivity contribution is -0.154. The molecular formula is C18H16F6O3. The average Bonchev–Trinajstić information content (AvgIpc) is 2.58. The average molecular weight is 394 g/mol. The molecular weight excluding hydrogens is 378 g/mol. The van der Waals surface area contributed by atoms with E-state index in [2.05, 4.69) is 0 Å². The second kappa shape index (κ2) is 8.98. The van der Waals surface area contributed by atoms with Crippen LogP contribution in [0.3, 0.4) is 0 Å². The van der Waals surface area contributed by atoms with E-state index < -0.39 is 25.6 Å². The van der Waals surface area contributed by atoms with E-state index in [0.29, 0.717) is 11.1 Å². The molecule has 0 aliphatic carbocycles. The Morgan fingerprint density at radius 3 is 1.33 bits per heavy atom. The first-order valence-corrected chi connectivity index (χ1v) is 7.77. The van der Waals surface area contributed by atoms with Crippen LogP contribution in [0.4, 0.5) is 26.3 Å². The van der Waals surface area contributed by atoms with Crippen molar-refractivity contribution in [2.75, 3.05) is 13.2 Å². The number of benzene rings is 2. The molecule has 2 aromatic rings. The lowest BCUT2D eigenvalue weighted by atomic mass is 10.2. The molecule has 0 fully saturated rings. The van der Waals surface area contributed by atoms with Gasteiger partial charge in [-0.15, -0.1) is 0 Å². The summed E-state index contributed by atoms with van der Waals surface area (Å²) in [5.74, 6) is 0.0489. The summed E-state index contributed by atoms with van der Waals surface area (Å²) in [6.45, 7) is -3.03. The highest BCUT2D eigenvalue weighted by Crippen LogP contribution is 2.25. The Morgan fingerprint density at radius 2 is 0.963 bits per heavy atom. The summed E-state index contributed by atoms with van der Waals surface area (Å²) in [5.41, 5.74) is 0.769. The summed E-state index contributed by atoms with van der Waals surface area (Å²) in [7, 11) is 0. The number of alkyl halides is 6. The van der Waals surface area contributed by atoms with Gasteiger partial charge in [0.25, 0.3) is 0 Å². The van der Waals surface area contributed by atoms with Gasteiger partial charge in [-0.3, -0.25) is 0 Å². The van der Waals surface area contributed by atoms with E-state index in [1.54, 1.807) is 12.1 Å². The van der Waals surface area contributed by atoms with Crippen molar-refractivity contribution >= 4 is 0 Å². The molecule has 2 rings (SSSR count). The summed E-state index contributed by atoms with van der Waals surface area (Å²) in [4.78, 5) is 0. The number of para-hydroxylation sites is 2. The zero-order valence-electron chi connectivity index (χ0n) is 13.9. The first-order chi connectivity index (χ1) is 12.6. The van der Waals surface area contributed by atoms with E-state index in [4.69, 9.17) is 14.2 Å². The third kappa shape index (κ3) is 7.78. The molecule has 0 spiro atoms. The van der Waals surface area contributed by atoms with Crippen molar-refractivity contribution in [3.63, 3.8) is 0 Å². The monoisotopic (exact) mass is 394 g/mol. The third-order valence-electron chi connectivity index (χ3n) is 3.24. The quantitative estimate of drug-likeness (QED) is 0.570. The maximum atomic E-state index is 12.3. The van der Waals surface area contributed by atoms with Crippen molar-refractivity contribution in [2.45, 2.75) is 25.6 Å². The zero-order valence-corrected chi connectivity index (χ0v) is 13.9. The highest BCUT2D eigenvalue weighted by molar-refractivity contribution is 5.34. The van der Waals surface area contributed by atoms with Crippen LogP contribution in [0, 0.1) is 0 Å². The Bertz CT molecular complexity index is 666. The molecule has 0 saturated heterocycles. The summed E-state index contributed by atoms with van der Waals surface area (Å²) in [6, 6.07) is 12.1. The highest BCUT2D eigenvalue weighted by Gasteiger charge is 2.29. The van der Waals surface area contributed by atoms with Crippen LogP contribution in [-0.4, -0.2) is 25.6 Å². The van der Waals surface area contributed by atoms with Gasteiger partial charge >= 0.3 is 12.4 Å². The van der Waals surface area contributed by atoms with Gasteiger partial charge in [-0.2, -0.15) is 26.3 Å². The van der Waals surface area contributed by atoms with Crippen LogP contribution in [-0.2, 0) is 18.0 Å². The normalized spacial score (nSPS) is 12.1. The SMILES string of the molecule is FC(F)(F)COc1ccccc1COCc1ccccc1OCC(F)(F)F. The summed E-state index contributed by atoms with van der Waals surface area (Å²) >= 11 is 0. The Labute approximate surface area is 151 Å². The van der Waals surface area contributed by atoms with Crippen molar-refractivity contribution in [3.05, 3.63) is 59.7 Å². The van der Waals surface area contributed by atoms with Gasteiger partial charge in [0.05, 0.1) is 13.2 Å². The Kier molecular flexibility index (Phi) is 6.95. The lowest BCUT2D eigenvalue weighted by Gasteiger charge is -2.15. The molecule has 148 valence electrons. The minimum atomic E-state index is -4.47. The van der Waals surface area contributed by atoms with Gasteiger partial charge in [-0.1, -0.05) is 36.4 Å². The number of rotatable bonds is 8. The number of ether oxygens (including phenoxy) is 3. The maximum absolute atomic E-state index is 12.3. The number of halogens is 6. The smallest absolute Gasteiger partial charge is 0.422 e. The molecule has 2 aromatic carbocycles. The van der Waals surface area contributed by atoms with E-state index in [0.717, 1.165) is 0 Å². The molecule has 0 aliphatic rings. The fourth-order valence-corrected chi connectivity index (χ4v) is 2.12. The van der Waals surface area contributed by atoms with Crippen molar-refractivity contribution in [2.24, 2.45) is 0 Å². The van der Waals surface area contributed by atoms with E-state index >= 15 is 0 Å². The first kappa shape index (κ1) is 20.9. The second-order valence-corrected chi connectivity index (χ2v) is 5.52. The predicted octanol–water partition coefficient (Wildman–Crippen LogP) is 5.29. The second-order valence-electron chi connectivity index (χ2n) is 5.52. The lowest BCUT2D eigenvalue weighted by Crippen LogP contribution is -2.20. The standard InChI is InChI=1S/C18H16F6O3/c19-17(20,21)11-26-15-7-3-1-5-13(15)9-25-10-14-6-2-4-8-16(14)27-12-18(22,23)24/h1-8H,9-12H2. The molecule has 0 aliphatic heterocycles. The molecule has 0 amide bonds. The van der Waals surface area contributed by atoms with Crippen LogP contribution in [0.1, 0.15) is 11.1 Å². The Hall–Kier alpha value is -2.42. The Morgan fingerprint density at radius 1 is 0.593 bits per heavy atom. The Balaban J connectivity index is 1.95. The van der Waals surface area contributed by atoms with Gasteiger partial charge < -0.3 is 14.2 Å². The topological polar surface area (TPSA) is 27.7 Å². The van der Waals surface area contributed by atoms with Crippen molar-refractivity contribution in [1.82, 2.24) is 0 Å². The molecule has 0 aromatic heterocycles. The molecule has 0 unspecified atom stereocenters. The van der Waals surface area contributed by atoms with Gasteiger partial charge in [0, 0.05) is 11.1 Å². The molecule has 0 N–H and O–H groups in total. The predicted molar refractivity (Wildman–Crippen MR) is 84.5 cm³/mol. The molecule has 0 bridgehead atoms. The molecule has 0 atom stereocenters. The van der Waals surface area contributed by atoms with Crippen molar-refractivity contribution < 1.29 is 40.6 Å². The van der Waals surface area contributed by atoms with Crippen LogP contribution in [0.5, 0.6) is 11.5 Å². The van der Waals surface area contributed by atoms with Gasteiger partial charge in [-0.05, 0) is 12.1 Å². The van der Waals surface area contributed by atoms with E-state index in [1.165, 1.54) is 36.4 Å². The van der Waals surface area contributed by atoms with Crippen LogP contribution < -0.4 is 9.47 Å². The van der Waals surface area contributed by atoms with E-state index in [1.807, 2.05) is 0 Å². The molecule has 0 radical (unpaired) electrons. The number of hydrogen-bond donors (Lipinski definition) is 0. The fraction of sp³-hybridized carbons (Fsp3) is 0.333. The summed E-state index contributed by atoms with van der Waals surface area (Å²) < 4.78 is 88.7. The summed E-state index contributed by atoms with van der Waals surface area (Å²) in [6.07, 6.45) is -8.94. The van der Waals surface area contributed by atoms with E-state index in [9.17, 15) is 26.3 Å². The van der Waals surface area contributed by atoms with Gasteiger partial charge in [0.2, 0.25) is 0 Å². The third-order valence-corrected chi connectivity index (χ3v) is 3.24. The van der Waals surface area contributed by atoms with E-state index in [-0.39, 0.29) is 24.7 Å². The zero-order chi connectivity index (χ0) is 19.9. The number of hydrogen-bond acceptors (Lipinski definition) is 3. The molecule has 0 saturated carbocycles. The molecule has 9 heteroatoms. The fourth-order valence-electron chi connectivity index (χ4n) is 2.12. The van der Waals surface area contributed by atoms with Gasteiger partial charge in [-0.25, -0.2) is 0 Å². The van der Waals surface area contributed by atoms with Gasteiger partial charge in [0.15, 0.2) is 13.2 Å². The molecule has 3 nitrogen and oxygen atoms in total. The minimum absolute atomic E-state index is 0.0245. The first-order valence-electron chi connectivity index (χ1n) is 7.77. The van der Waals surface area contributed by atoms with Gasteiger partial charge in [0.1, 0.15) is 11.5 Å². The van der Waals surface area contributed by atoms with Crippen LogP contribution in [0.2, 0.25) is 0 Å². The maximum Gasteiger partial charge on any atom is 0.422 e. The molecule has 0 heterocycles. The van der Waals surface area contributed by atoms with Crippen LogP contribution >= 0.6 is 0 Å². The highest BCUT2D eigenvalue weighted by atomic mass is 19.4. The van der Waals surface area contributed by atoms with Crippen molar-refractivity contribution in [1.29, 1.82) is 0 Å². The summed E-state index contributed by atoms with van der Waals surface area (Å²) in [5, 5.41) is 0. The van der Waals surface area contributed by atoms with Crippen LogP contribution in [0.15, 0.2) is 48.5 Å². The molecule has 27 heavy (non-hydrogen) atoms. The minimum Gasteiger partial charge on any atom is -0.484 e.